The molecule has 0 atom stereocenters. The number of anilines is 2. The molecule has 4 aromatic rings. The average molecular weight is 589 g/mol. The molecule has 0 fully saturated rings. The van der Waals surface area contributed by atoms with E-state index in [1.165, 1.54) is 44.8 Å². The van der Waals surface area contributed by atoms with Gasteiger partial charge in [-0.05, 0) is 53.4 Å². The Morgan fingerprint density at radius 2 is 1.62 bits per heavy atom. The van der Waals surface area contributed by atoms with Crippen molar-refractivity contribution in [2.45, 2.75) is 6.54 Å². The highest BCUT2D eigenvalue weighted by molar-refractivity contribution is 7.92. The largest absolute Gasteiger partial charge is 0.493 e. The Labute approximate surface area is 234 Å². The highest BCUT2D eigenvalue weighted by Crippen LogP contribution is 2.37. The fourth-order valence-electron chi connectivity index (χ4n) is 3.91. The predicted molar refractivity (Wildman–Crippen MR) is 153 cm³/mol. The van der Waals surface area contributed by atoms with Crippen molar-refractivity contribution in [1.29, 1.82) is 0 Å². The first-order chi connectivity index (χ1) is 18.5. The highest BCUT2D eigenvalue weighted by Gasteiger charge is 2.27. The van der Waals surface area contributed by atoms with Gasteiger partial charge in [-0.25, -0.2) is 13.2 Å². The number of amides is 1. The van der Waals surface area contributed by atoms with Crippen molar-refractivity contribution in [2.24, 2.45) is 0 Å². The fourth-order valence-corrected chi connectivity index (χ4v) is 5.89. The zero-order valence-corrected chi connectivity index (χ0v) is 23.9. The summed E-state index contributed by atoms with van der Waals surface area (Å²) in [6.07, 6.45) is 1.06. The minimum absolute atomic E-state index is 0.0488. The molecular weight excluding hydrogens is 564 g/mol. The molecule has 0 aliphatic rings. The zero-order valence-electron chi connectivity index (χ0n) is 21.5. The number of hydrogen-bond donors (Lipinski definition) is 1. The van der Waals surface area contributed by atoms with Gasteiger partial charge in [-0.3, -0.25) is 9.10 Å². The Morgan fingerprint density at radius 3 is 2.23 bits per heavy atom. The maximum atomic E-state index is 13.6. The summed E-state index contributed by atoms with van der Waals surface area (Å²) in [5, 5.41) is 4.08. The monoisotopic (exact) mass is 588 g/mol. The number of nitrogens with zero attached hydrogens (tertiary/aromatic N) is 1. The van der Waals surface area contributed by atoms with Crippen LogP contribution in [-0.2, 0) is 21.3 Å². The zero-order chi connectivity index (χ0) is 28.3. The second-order valence-electron chi connectivity index (χ2n) is 8.43. The number of benzene rings is 3. The number of ether oxygens (including phenoxy) is 3. The van der Waals surface area contributed by atoms with Gasteiger partial charge in [0.05, 0.1) is 45.4 Å². The van der Waals surface area contributed by atoms with Crippen LogP contribution in [0.1, 0.15) is 25.6 Å². The highest BCUT2D eigenvalue weighted by atomic mass is 35.5. The Morgan fingerprint density at radius 1 is 0.949 bits per heavy atom. The molecule has 0 saturated heterocycles. The molecule has 4 rings (SSSR count). The van der Waals surface area contributed by atoms with Crippen LogP contribution in [0.5, 0.6) is 11.5 Å². The molecule has 1 amide bonds. The molecule has 39 heavy (non-hydrogen) atoms. The van der Waals surface area contributed by atoms with Crippen LogP contribution in [0.4, 0.5) is 11.4 Å². The maximum Gasteiger partial charge on any atom is 0.348 e. The Kier molecular flexibility index (Phi) is 8.34. The van der Waals surface area contributed by atoms with Gasteiger partial charge in [0.25, 0.3) is 5.91 Å². The van der Waals surface area contributed by atoms with Crippen molar-refractivity contribution in [3.8, 4) is 11.5 Å². The summed E-state index contributed by atoms with van der Waals surface area (Å²) in [5.41, 5.74) is 1.27. The van der Waals surface area contributed by atoms with Crippen molar-refractivity contribution in [3.05, 3.63) is 81.7 Å². The van der Waals surface area contributed by atoms with Crippen LogP contribution in [0.3, 0.4) is 0 Å². The molecule has 1 aromatic heterocycles. The fraction of sp³-hybridized carbons (Fsp3) is 0.185. The second-order valence-corrected chi connectivity index (χ2v) is 11.9. The summed E-state index contributed by atoms with van der Waals surface area (Å²) in [7, 11) is 0.298. The van der Waals surface area contributed by atoms with Gasteiger partial charge >= 0.3 is 5.97 Å². The number of halogens is 1. The lowest BCUT2D eigenvalue weighted by Gasteiger charge is -2.26. The first-order valence-electron chi connectivity index (χ1n) is 11.5. The number of nitrogens with one attached hydrogen (secondary N) is 1. The van der Waals surface area contributed by atoms with Gasteiger partial charge in [0, 0.05) is 21.5 Å². The van der Waals surface area contributed by atoms with E-state index in [0.29, 0.717) is 21.2 Å². The topological polar surface area (TPSA) is 111 Å². The summed E-state index contributed by atoms with van der Waals surface area (Å²) in [4.78, 5) is 26.0. The van der Waals surface area contributed by atoms with Gasteiger partial charge in [-0.1, -0.05) is 23.7 Å². The van der Waals surface area contributed by atoms with Gasteiger partial charge in [0.2, 0.25) is 10.0 Å². The molecule has 12 heteroatoms. The standard InChI is InChI=1S/C27H25ClN2O7S2/c1-35-22-13-20(26(31)29-19-9-10-24-17(11-19)12-25(38-24)27(32)37-3)21(14-23(22)36-2)30(39(4,33)34)15-16-5-7-18(28)8-6-16/h5-14H,15H2,1-4H3,(H,29,31). The molecule has 0 bridgehead atoms. The van der Waals surface area contributed by atoms with Crippen molar-refractivity contribution in [3.63, 3.8) is 0 Å². The van der Waals surface area contributed by atoms with E-state index in [2.05, 4.69) is 5.32 Å². The first kappa shape index (κ1) is 28.2. The summed E-state index contributed by atoms with van der Waals surface area (Å²) >= 11 is 7.27. The van der Waals surface area contributed by atoms with Crippen LogP contribution >= 0.6 is 22.9 Å². The van der Waals surface area contributed by atoms with Crippen LogP contribution < -0.4 is 19.1 Å². The number of esters is 1. The van der Waals surface area contributed by atoms with Crippen LogP contribution in [0.2, 0.25) is 5.02 Å². The predicted octanol–water partition coefficient (Wildman–Crippen LogP) is 5.58. The van der Waals surface area contributed by atoms with Gasteiger partial charge in [0.1, 0.15) is 4.88 Å². The molecule has 0 radical (unpaired) electrons. The van der Waals surface area contributed by atoms with Crippen LogP contribution in [0, 0.1) is 0 Å². The summed E-state index contributed by atoms with van der Waals surface area (Å²) < 4.78 is 43.5. The van der Waals surface area contributed by atoms with Crippen molar-refractivity contribution >= 4 is 66.3 Å². The van der Waals surface area contributed by atoms with Crippen molar-refractivity contribution < 1.29 is 32.2 Å². The SMILES string of the molecule is COC(=O)c1cc2cc(NC(=O)c3cc(OC)c(OC)cc3N(Cc3ccc(Cl)cc3)S(C)(=O)=O)ccc2s1. The normalized spacial score (nSPS) is 11.2. The molecule has 0 unspecified atom stereocenters. The molecule has 0 spiro atoms. The molecule has 9 nitrogen and oxygen atoms in total. The number of rotatable bonds is 9. The lowest BCUT2D eigenvalue weighted by molar-refractivity contribution is 0.0606. The van der Waals surface area contributed by atoms with E-state index in [0.717, 1.165) is 20.6 Å². The van der Waals surface area contributed by atoms with Crippen molar-refractivity contribution in [1.82, 2.24) is 0 Å². The number of methoxy groups -OCH3 is 3. The van der Waals surface area contributed by atoms with E-state index in [9.17, 15) is 18.0 Å². The van der Waals surface area contributed by atoms with E-state index in [1.54, 1.807) is 48.5 Å². The lowest BCUT2D eigenvalue weighted by Crippen LogP contribution is -2.31. The van der Waals surface area contributed by atoms with Crippen LogP contribution in [0.25, 0.3) is 10.1 Å². The van der Waals surface area contributed by atoms with Crippen LogP contribution in [0.15, 0.2) is 60.7 Å². The number of hydrogen-bond acceptors (Lipinski definition) is 8. The number of carbonyl (C=O) groups is 2. The number of carbonyl (C=O) groups excluding carboxylic acids is 2. The van der Waals surface area contributed by atoms with Crippen molar-refractivity contribution in [2.75, 3.05) is 37.2 Å². The maximum absolute atomic E-state index is 13.6. The molecule has 0 aliphatic carbocycles. The first-order valence-corrected chi connectivity index (χ1v) is 14.5. The molecule has 3 aromatic carbocycles. The Balaban J connectivity index is 1.77. The van der Waals surface area contributed by atoms with E-state index in [-0.39, 0.29) is 29.3 Å². The average Bonchev–Trinajstić information content (AvgIpc) is 3.34. The lowest BCUT2D eigenvalue weighted by atomic mass is 10.1. The third kappa shape index (κ3) is 6.27. The van der Waals surface area contributed by atoms with Gasteiger partial charge < -0.3 is 19.5 Å². The van der Waals surface area contributed by atoms with E-state index < -0.39 is 21.9 Å². The minimum atomic E-state index is -3.85. The van der Waals surface area contributed by atoms with E-state index in [1.807, 2.05) is 0 Å². The molecule has 0 saturated carbocycles. The smallest absolute Gasteiger partial charge is 0.348 e. The quantitative estimate of drug-likeness (QED) is 0.254. The van der Waals surface area contributed by atoms with Gasteiger partial charge in [-0.2, -0.15) is 0 Å². The summed E-state index contributed by atoms with van der Waals surface area (Å²) in [6, 6.07) is 16.5. The van der Waals surface area contributed by atoms with Gasteiger partial charge in [0.15, 0.2) is 11.5 Å². The third-order valence-corrected chi connectivity index (χ3v) is 8.29. The Hall–Kier alpha value is -3.80. The number of fused-ring (bicyclic) bond motifs is 1. The van der Waals surface area contributed by atoms with E-state index >= 15 is 0 Å². The number of sulfonamides is 1. The van der Waals surface area contributed by atoms with E-state index in [4.69, 9.17) is 25.8 Å². The Bertz CT molecular complexity index is 1650. The molecule has 1 N–H and O–H groups in total. The van der Waals surface area contributed by atoms with Crippen LogP contribution in [-0.4, -0.2) is 47.9 Å². The van der Waals surface area contributed by atoms with Gasteiger partial charge in [-0.15, -0.1) is 11.3 Å². The molecular formula is C27H25ClN2O7S2. The molecule has 1 heterocycles. The molecule has 0 aliphatic heterocycles. The molecule has 204 valence electrons. The minimum Gasteiger partial charge on any atom is -0.493 e. The summed E-state index contributed by atoms with van der Waals surface area (Å²) in [5.74, 6) is -0.511. The summed E-state index contributed by atoms with van der Waals surface area (Å²) in [6.45, 7) is -0.0526. The second kappa shape index (κ2) is 11.5. The number of thiophene rings is 1. The third-order valence-electron chi connectivity index (χ3n) is 5.82.